The molecule has 0 bridgehead atoms. The zero-order valence-corrected chi connectivity index (χ0v) is 14.6. The number of hydrogen-bond acceptors (Lipinski definition) is 4. The second-order valence-corrected chi connectivity index (χ2v) is 6.50. The van der Waals surface area contributed by atoms with Gasteiger partial charge in [-0.25, -0.2) is 0 Å². The van der Waals surface area contributed by atoms with Crippen LogP contribution in [0.5, 0.6) is 5.75 Å². The Kier molecular flexibility index (Phi) is 5.91. The number of ether oxygens (including phenoxy) is 1. The summed E-state index contributed by atoms with van der Waals surface area (Å²) < 4.78 is 5.75. The number of phenols is 1. The summed E-state index contributed by atoms with van der Waals surface area (Å²) in [4.78, 5) is 14.5. The van der Waals surface area contributed by atoms with Gasteiger partial charge in [0.1, 0.15) is 5.75 Å². The Morgan fingerprint density at radius 2 is 2.08 bits per heavy atom. The number of amides is 1. The van der Waals surface area contributed by atoms with Crippen molar-refractivity contribution in [2.24, 2.45) is 0 Å². The summed E-state index contributed by atoms with van der Waals surface area (Å²) in [5, 5.41) is 12.5. The number of carbonyl (C=O) groups is 1. The molecule has 0 radical (unpaired) electrons. The Labute approximate surface area is 152 Å². The van der Waals surface area contributed by atoms with E-state index in [-0.39, 0.29) is 22.8 Å². The van der Waals surface area contributed by atoms with Gasteiger partial charge in [0.25, 0.3) is 5.91 Å². The number of phenolic OH excluding ortho intramolecular Hbond substituents is 1. The molecule has 1 aliphatic heterocycles. The van der Waals surface area contributed by atoms with E-state index in [1.54, 1.807) is 6.07 Å². The van der Waals surface area contributed by atoms with E-state index >= 15 is 0 Å². The standard InChI is InChI=1S/C19H21ClN2O3/c20-17-10-15(6-7-18(17)23)19(24)21-11-16-13-22(8-9-25-16)12-14-4-2-1-3-5-14/h1-7,10,16,23H,8-9,11-13H2,(H,21,24)/t16-/m1/s1. The predicted octanol–water partition coefficient (Wildman–Crippen LogP) is 2.68. The summed E-state index contributed by atoms with van der Waals surface area (Å²) in [6.07, 6.45) is -0.0472. The van der Waals surface area contributed by atoms with Crippen molar-refractivity contribution in [3.05, 3.63) is 64.7 Å². The van der Waals surface area contributed by atoms with Crippen LogP contribution in [-0.2, 0) is 11.3 Å². The smallest absolute Gasteiger partial charge is 0.251 e. The SMILES string of the molecule is O=C(NC[C@@H]1CN(Cc2ccccc2)CCO1)c1ccc(O)c(Cl)c1. The molecule has 5 nitrogen and oxygen atoms in total. The maximum atomic E-state index is 12.2. The second-order valence-electron chi connectivity index (χ2n) is 6.09. The molecule has 1 aliphatic rings. The fraction of sp³-hybridized carbons (Fsp3) is 0.316. The van der Waals surface area contributed by atoms with Crippen LogP contribution in [0.3, 0.4) is 0 Å². The highest BCUT2D eigenvalue weighted by Crippen LogP contribution is 2.23. The number of nitrogens with one attached hydrogen (secondary N) is 1. The van der Waals surface area contributed by atoms with Gasteiger partial charge in [-0.1, -0.05) is 41.9 Å². The van der Waals surface area contributed by atoms with Crippen molar-refractivity contribution >= 4 is 17.5 Å². The molecule has 2 aromatic rings. The zero-order valence-electron chi connectivity index (χ0n) is 13.8. The molecule has 0 unspecified atom stereocenters. The van der Waals surface area contributed by atoms with Crippen LogP contribution in [0.1, 0.15) is 15.9 Å². The van der Waals surface area contributed by atoms with Crippen LogP contribution in [0, 0.1) is 0 Å². The molecule has 0 aromatic heterocycles. The Balaban J connectivity index is 1.50. The molecule has 1 amide bonds. The van der Waals surface area contributed by atoms with Gasteiger partial charge in [0.05, 0.1) is 17.7 Å². The first-order valence-electron chi connectivity index (χ1n) is 8.26. The summed E-state index contributed by atoms with van der Waals surface area (Å²) in [6.45, 7) is 3.61. The Hall–Kier alpha value is -2.08. The fourth-order valence-corrected chi connectivity index (χ4v) is 3.03. The normalized spacial score (nSPS) is 18.0. The summed E-state index contributed by atoms with van der Waals surface area (Å²) in [6, 6.07) is 14.7. The fourth-order valence-electron chi connectivity index (χ4n) is 2.85. The first-order chi connectivity index (χ1) is 12.1. The third-order valence-electron chi connectivity index (χ3n) is 4.17. The lowest BCUT2D eigenvalue weighted by Crippen LogP contribution is -2.47. The number of nitrogens with zero attached hydrogens (tertiary/aromatic N) is 1. The first-order valence-corrected chi connectivity index (χ1v) is 8.64. The number of benzene rings is 2. The van der Waals surface area contributed by atoms with E-state index in [9.17, 15) is 9.90 Å². The Morgan fingerprint density at radius 3 is 2.84 bits per heavy atom. The van der Waals surface area contributed by atoms with E-state index in [2.05, 4.69) is 22.3 Å². The molecule has 1 atom stereocenters. The highest BCUT2D eigenvalue weighted by molar-refractivity contribution is 6.32. The molecule has 0 saturated carbocycles. The van der Waals surface area contributed by atoms with Crippen LogP contribution in [-0.4, -0.2) is 48.3 Å². The summed E-state index contributed by atoms with van der Waals surface area (Å²) in [5.74, 6) is -0.268. The minimum absolute atomic E-state index is 0.0367. The largest absolute Gasteiger partial charge is 0.506 e. The molecule has 1 heterocycles. The number of carbonyl (C=O) groups excluding carboxylic acids is 1. The van der Waals surface area contributed by atoms with Crippen molar-refractivity contribution in [2.45, 2.75) is 12.6 Å². The van der Waals surface area contributed by atoms with Gasteiger partial charge in [-0.2, -0.15) is 0 Å². The number of halogens is 1. The van der Waals surface area contributed by atoms with Gasteiger partial charge in [0, 0.05) is 31.7 Å². The van der Waals surface area contributed by atoms with E-state index < -0.39 is 0 Å². The number of hydrogen-bond donors (Lipinski definition) is 2. The van der Waals surface area contributed by atoms with E-state index in [1.807, 2.05) is 18.2 Å². The number of aromatic hydroxyl groups is 1. The first kappa shape index (κ1) is 17.7. The molecule has 25 heavy (non-hydrogen) atoms. The molecule has 3 rings (SSSR count). The summed E-state index contributed by atoms with van der Waals surface area (Å²) in [7, 11) is 0. The molecule has 132 valence electrons. The van der Waals surface area contributed by atoms with Crippen molar-refractivity contribution in [3.8, 4) is 5.75 Å². The van der Waals surface area contributed by atoms with Gasteiger partial charge < -0.3 is 15.2 Å². The van der Waals surface area contributed by atoms with E-state index in [0.717, 1.165) is 19.6 Å². The molecule has 1 saturated heterocycles. The molecule has 2 aromatic carbocycles. The lowest BCUT2D eigenvalue weighted by atomic mass is 10.1. The highest BCUT2D eigenvalue weighted by atomic mass is 35.5. The maximum absolute atomic E-state index is 12.2. The predicted molar refractivity (Wildman–Crippen MR) is 96.9 cm³/mol. The van der Waals surface area contributed by atoms with Crippen molar-refractivity contribution in [2.75, 3.05) is 26.2 Å². The average molecular weight is 361 g/mol. The molecule has 0 aliphatic carbocycles. The van der Waals surface area contributed by atoms with Crippen molar-refractivity contribution in [1.82, 2.24) is 10.2 Å². The van der Waals surface area contributed by atoms with Gasteiger partial charge in [-0.3, -0.25) is 9.69 Å². The second kappa shape index (κ2) is 8.34. The monoisotopic (exact) mass is 360 g/mol. The quantitative estimate of drug-likeness (QED) is 0.860. The molecule has 2 N–H and O–H groups in total. The van der Waals surface area contributed by atoms with Crippen LogP contribution in [0.15, 0.2) is 48.5 Å². The summed E-state index contributed by atoms with van der Waals surface area (Å²) in [5.41, 5.74) is 1.69. The van der Waals surface area contributed by atoms with Crippen LogP contribution in [0.4, 0.5) is 0 Å². The van der Waals surface area contributed by atoms with Gasteiger partial charge in [0.2, 0.25) is 0 Å². The Morgan fingerprint density at radius 1 is 1.28 bits per heavy atom. The van der Waals surface area contributed by atoms with Gasteiger partial charge >= 0.3 is 0 Å². The van der Waals surface area contributed by atoms with Gasteiger partial charge in [-0.15, -0.1) is 0 Å². The van der Waals surface area contributed by atoms with E-state index in [1.165, 1.54) is 17.7 Å². The number of rotatable bonds is 5. The van der Waals surface area contributed by atoms with Crippen molar-refractivity contribution in [1.29, 1.82) is 0 Å². The van der Waals surface area contributed by atoms with Crippen LogP contribution in [0.25, 0.3) is 0 Å². The van der Waals surface area contributed by atoms with E-state index in [0.29, 0.717) is 18.7 Å². The van der Waals surface area contributed by atoms with Crippen LogP contribution < -0.4 is 5.32 Å². The molecule has 1 fully saturated rings. The molecule has 6 heteroatoms. The molecular weight excluding hydrogens is 340 g/mol. The zero-order chi connectivity index (χ0) is 17.6. The lowest BCUT2D eigenvalue weighted by Gasteiger charge is -2.33. The lowest BCUT2D eigenvalue weighted by molar-refractivity contribution is -0.0292. The summed E-state index contributed by atoms with van der Waals surface area (Å²) >= 11 is 5.84. The topological polar surface area (TPSA) is 61.8 Å². The number of morpholine rings is 1. The van der Waals surface area contributed by atoms with Crippen LogP contribution >= 0.6 is 11.6 Å². The third-order valence-corrected chi connectivity index (χ3v) is 4.47. The maximum Gasteiger partial charge on any atom is 0.251 e. The van der Waals surface area contributed by atoms with E-state index in [4.69, 9.17) is 16.3 Å². The molecular formula is C19H21ClN2O3. The van der Waals surface area contributed by atoms with Crippen molar-refractivity contribution in [3.63, 3.8) is 0 Å². The minimum atomic E-state index is -0.231. The van der Waals surface area contributed by atoms with Gasteiger partial charge in [-0.05, 0) is 23.8 Å². The minimum Gasteiger partial charge on any atom is -0.506 e. The van der Waals surface area contributed by atoms with Crippen LogP contribution in [0.2, 0.25) is 5.02 Å². The average Bonchev–Trinajstić information content (AvgIpc) is 2.63. The van der Waals surface area contributed by atoms with Gasteiger partial charge in [0.15, 0.2) is 0 Å². The third kappa shape index (κ3) is 4.95. The Bertz CT molecular complexity index is 724. The van der Waals surface area contributed by atoms with Crippen molar-refractivity contribution < 1.29 is 14.6 Å². The molecule has 0 spiro atoms. The highest BCUT2D eigenvalue weighted by Gasteiger charge is 2.21.